The number of nitrogen functional groups attached to an aromatic ring is 2. The fraction of sp³-hybridized carbons (Fsp3) is 0.200. The summed E-state index contributed by atoms with van der Waals surface area (Å²) >= 11 is 6.55. The zero-order chi connectivity index (χ0) is 47.9. The van der Waals surface area contributed by atoms with E-state index in [1.54, 1.807) is 58.1 Å². The van der Waals surface area contributed by atoms with E-state index in [4.69, 9.17) is 34.6 Å². The fourth-order valence-corrected chi connectivity index (χ4v) is 7.31. The van der Waals surface area contributed by atoms with Gasteiger partial charge in [0.1, 0.15) is 26.8 Å². The number of benzene rings is 2. The van der Waals surface area contributed by atoms with Gasteiger partial charge in [-0.3, -0.25) is 14.0 Å². The summed E-state index contributed by atoms with van der Waals surface area (Å²) in [7, 11) is -0.273. The van der Waals surface area contributed by atoms with Crippen LogP contribution in [0.4, 0.5) is 11.6 Å². The van der Waals surface area contributed by atoms with Gasteiger partial charge in [0, 0.05) is 78.0 Å². The predicted octanol–water partition coefficient (Wildman–Crippen LogP) is 8.32. The number of hydrogen-bond acceptors (Lipinski definition) is 17. The minimum absolute atomic E-state index is 0.00742. The van der Waals surface area contributed by atoms with Crippen LogP contribution in [0.15, 0.2) is 131 Å². The van der Waals surface area contributed by atoms with E-state index in [2.05, 4.69) is 84.4 Å². The second-order valence-corrected chi connectivity index (χ2v) is 17.5. The molecule has 0 saturated carbocycles. The normalized spacial score (nSPS) is 11.9. The molecule has 2 unspecified atom stereocenters. The molecule has 348 valence electrons. The van der Waals surface area contributed by atoms with Gasteiger partial charge < -0.3 is 30.4 Å². The molecule has 22 heteroatoms. The summed E-state index contributed by atoms with van der Waals surface area (Å²) in [5, 5.41) is 27.8. The standard InChI is InChI=1S/C22H21BrN6O2.C15H15N5O2.C8H10BrNO3S/c1-14(15-7-8-21(23)25-10-15)29-12-16(11-26-29)18-9-19(27-28-22(18)24)17-5-3-4-6-20(17)31-13-30-2;1-21-9-22-14-5-3-2-4-11(14)13-6-12(15(16)20-19-13)10-7-17-18-8-10;1-6(13-14(2,11)12)7-3-4-8(9)10-5-7/h3-12,14H,13H2,1-2H3,(H2,24,28);2-8H,9H2,1H3,(H2,16,20)(H,17,18);3-6H,1-2H3. The van der Waals surface area contributed by atoms with Gasteiger partial charge in [-0.25, -0.2) is 9.97 Å². The van der Waals surface area contributed by atoms with Crippen LogP contribution in [0.2, 0.25) is 0 Å². The Kier molecular flexibility index (Phi) is 17.6. The van der Waals surface area contributed by atoms with E-state index in [9.17, 15) is 8.42 Å². The third-order valence-electron chi connectivity index (χ3n) is 9.53. The van der Waals surface area contributed by atoms with E-state index in [0.29, 0.717) is 39.1 Å². The highest BCUT2D eigenvalue weighted by molar-refractivity contribution is 9.10. The van der Waals surface area contributed by atoms with E-state index in [0.717, 1.165) is 55.4 Å². The molecule has 0 aliphatic carbocycles. The first-order valence-corrected chi connectivity index (χ1v) is 23.5. The molecule has 6 heterocycles. The second kappa shape index (κ2) is 23.7. The van der Waals surface area contributed by atoms with Crippen LogP contribution in [0, 0.1) is 0 Å². The van der Waals surface area contributed by atoms with E-state index >= 15 is 0 Å². The fourth-order valence-electron chi connectivity index (χ4n) is 6.20. The molecule has 0 aliphatic heterocycles. The number of hydrogen-bond donors (Lipinski definition) is 3. The molecule has 0 saturated heterocycles. The van der Waals surface area contributed by atoms with Crippen LogP contribution >= 0.6 is 31.9 Å². The van der Waals surface area contributed by atoms with Crippen LogP contribution in [0.1, 0.15) is 37.1 Å². The van der Waals surface area contributed by atoms with Crippen LogP contribution in [0.5, 0.6) is 11.5 Å². The minimum Gasteiger partial charge on any atom is -0.467 e. The number of nitrogens with two attached hydrogens (primary N) is 2. The lowest BCUT2D eigenvalue weighted by molar-refractivity contribution is 0.0513. The van der Waals surface area contributed by atoms with Gasteiger partial charge in [0.2, 0.25) is 0 Å². The number of halogens is 2. The average Bonchev–Trinajstić information content (AvgIpc) is 4.05. The van der Waals surface area contributed by atoms with Crippen molar-refractivity contribution in [3.8, 4) is 56.3 Å². The molecule has 0 fully saturated rings. The number of para-hydroxylation sites is 2. The van der Waals surface area contributed by atoms with Crippen molar-refractivity contribution in [3.05, 3.63) is 142 Å². The lowest BCUT2D eigenvalue weighted by atomic mass is 10.1. The van der Waals surface area contributed by atoms with E-state index in [1.165, 1.54) is 0 Å². The first-order valence-electron chi connectivity index (χ1n) is 20.1. The Labute approximate surface area is 403 Å². The molecule has 6 aromatic heterocycles. The molecule has 8 rings (SSSR count). The Bertz CT molecular complexity index is 2950. The maximum atomic E-state index is 10.8. The van der Waals surface area contributed by atoms with Gasteiger partial charge >= 0.3 is 0 Å². The molecule has 0 amide bonds. The van der Waals surface area contributed by atoms with Crippen LogP contribution in [0.25, 0.3) is 44.8 Å². The van der Waals surface area contributed by atoms with Gasteiger partial charge in [0.05, 0.1) is 36.1 Å². The number of methoxy groups -OCH3 is 2. The SMILES string of the molecule is CC(OS(C)(=O)=O)c1ccc(Br)nc1.COCOc1ccccc1-c1cc(-c2cn[nH]c2)c(N)nn1.COCOc1ccccc1-c1cc(-c2cnn(C(C)c3ccc(Br)nc3)c2)c(N)nn1. The van der Waals surface area contributed by atoms with Gasteiger partial charge in [0.25, 0.3) is 10.1 Å². The zero-order valence-electron chi connectivity index (χ0n) is 36.8. The molecule has 2 aromatic carbocycles. The molecule has 0 spiro atoms. The lowest BCUT2D eigenvalue weighted by Crippen LogP contribution is -2.07. The van der Waals surface area contributed by atoms with Crippen molar-refractivity contribution < 1.29 is 31.5 Å². The summed E-state index contributed by atoms with van der Waals surface area (Å²) in [4.78, 5) is 8.27. The number of rotatable bonds is 15. The molecule has 0 bridgehead atoms. The summed E-state index contributed by atoms with van der Waals surface area (Å²) in [5.74, 6) is 2.00. The summed E-state index contributed by atoms with van der Waals surface area (Å²) < 4.78 is 51.0. The summed E-state index contributed by atoms with van der Waals surface area (Å²) in [5.41, 5.74) is 20.0. The van der Waals surface area contributed by atoms with E-state index in [1.807, 2.05) is 89.9 Å². The first-order chi connectivity index (χ1) is 32.2. The van der Waals surface area contributed by atoms with E-state index in [-0.39, 0.29) is 19.6 Å². The van der Waals surface area contributed by atoms with Crippen molar-refractivity contribution in [2.75, 3.05) is 45.5 Å². The molecule has 19 nitrogen and oxygen atoms in total. The zero-order valence-corrected chi connectivity index (χ0v) is 40.8. The third kappa shape index (κ3) is 13.9. The van der Waals surface area contributed by atoms with Gasteiger partial charge in [-0.15, -0.1) is 20.4 Å². The topological polar surface area (TPSA) is 256 Å². The molecular weight excluding hydrogens is 1010 g/mol. The first kappa shape index (κ1) is 49.7. The molecule has 2 atom stereocenters. The number of ether oxygens (including phenoxy) is 4. The number of nitrogens with zero attached hydrogens (tertiary/aromatic N) is 9. The lowest BCUT2D eigenvalue weighted by Gasteiger charge is -2.12. The third-order valence-corrected chi connectivity index (χ3v) is 11.1. The summed E-state index contributed by atoms with van der Waals surface area (Å²) in [6.07, 6.45) is 11.1. The molecule has 8 aromatic rings. The van der Waals surface area contributed by atoms with Crippen molar-refractivity contribution in [2.24, 2.45) is 0 Å². The highest BCUT2D eigenvalue weighted by Gasteiger charge is 2.17. The molecule has 0 aliphatic rings. The van der Waals surface area contributed by atoms with Gasteiger partial charge in [-0.1, -0.05) is 36.4 Å². The van der Waals surface area contributed by atoms with Crippen LogP contribution in [0.3, 0.4) is 0 Å². The van der Waals surface area contributed by atoms with Gasteiger partial charge in [-0.05, 0) is 99.8 Å². The Balaban J connectivity index is 0.000000179. The number of nitrogens with one attached hydrogen (secondary N) is 1. The number of aromatic amines is 1. The smallest absolute Gasteiger partial charge is 0.264 e. The van der Waals surface area contributed by atoms with Gasteiger partial charge in [-0.2, -0.15) is 18.6 Å². The monoisotopic (exact) mass is 1060 g/mol. The van der Waals surface area contributed by atoms with Crippen molar-refractivity contribution in [2.45, 2.75) is 26.0 Å². The molecule has 67 heavy (non-hydrogen) atoms. The Morgan fingerprint density at radius 1 is 0.672 bits per heavy atom. The maximum absolute atomic E-state index is 10.8. The Morgan fingerprint density at radius 2 is 1.19 bits per heavy atom. The molecular formula is C45H46Br2N12O7S. The minimum atomic E-state index is -3.42. The van der Waals surface area contributed by atoms with Gasteiger partial charge in [0.15, 0.2) is 25.2 Å². The van der Waals surface area contributed by atoms with Crippen LogP contribution in [-0.4, -0.2) is 92.8 Å². The highest BCUT2D eigenvalue weighted by atomic mass is 79.9. The molecule has 0 radical (unpaired) electrons. The largest absolute Gasteiger partial charge is 0.467 e. The highest BCUT2D eigenvalue weighted by Crippen LogP contribution is 2.34. The number of pyridine rings is 2. The number of H-pyrrole nitrogens is 1. The number of aromatic nitrogens is 10. The predicted molar refractivity (Wildman–Crippen MR) is 260 cm³/mol. The summed E-state index contributed by atoms with van der Waals surface area (Å²) in [6, 6.07) is 26.3. The second-order valence-electron chi connectivity index (χ2n) is 14.3. The average molecular weight is 1060 g/mol. The Hall–Kier alpha value is -6.69. The van der Waals surface area contributed by atoms with E-state index < -0.39 is 16.2 Å². The maximum Gasteiger partial charge on any atom is 0.264 e. The van der Waals surface area contributed by atoms with Crippen LogP contribution in [-0.2, 0) is 23.8 Å². The molecule has 5 N–H and O–H groups in total. The Morgan fingerprint density at radius 3 is 1.67 bits per heavy atom. The number of anilines is 2. The van der Waals surface area contributed by atoms with Crippen molar-refractivity contribution in [3.63, 3.8) is 0 Å². The quantitative estimate of drug-likeness (QED) is 0.0495. The van der Waals surface area contributed by atoms with Crippen molar-refractivity contribution >= 4 is 53.6 Å². The van der Waals surface area contributed by atoms with Crippen molar-refractivity contribution in [1.82, 2.24) is 50.3 Å². The summed E-state index contributed by atoms with van der Waals surface area (Å²) in [6.45, 7) is 4.02. The van der Waals surface area contributed by atoms with Crippen molar-refractivity contribution in [1.29, 1.82) is 0 Å². The van der Waals surface area contributed by atoms with Crippen LogP contribution < -0.4 is 20.9 Å².